The zero-order valence-corrected chi connectivity index (χ0v) is 24.7. The van der Waals surface area contributed by atoms with Crippen molar-refractivity contribution in [2.45, 2.75) is 36.1 Å². The standard InChI is InChI=1S/C31H28F2N4O4S2/c1-41-21-4-2-3-19(14-21)22-15-20(8-9-24(22)32)29-23(11-18-7-10-28(43(34)40)25(33)12-18)26(13-17-5-6-17)36-37(29)31-35-27(16-42-31)30(38)39/h2-4,7-10,12,14-17,31,35H,5-6,11,13,34H2,1H3,(H,38,39). The number of ether oxygens (including phenoxy) is 1. The van der Waals surface area contributed by atoms with Gasteiger partial charge >= 0.3 is 5.97 Å². The molecule has 1 aliphatic carbocycles. The van der Waals surface area contributed by atoms with Crippen LogP contribution in [0, 0.1) is 17.6 Å². The second kappa shape index (κ2) is 11.9. The van der Waals surface area contributed by atoms with Crippen molar-refractivity contribution in [1.82, 2.24) is 15.1 Å². The zero-order valence-electron chi connectivity index (χ0n) is 23.1. The molecule has 2 heterocycles. The lowest BCUT2D eigenvalue weighted by Gasteiger charge is -2.18. The second-order valence-corrected chi connectivity index (χ2v) is 12.5. The summed E-state index contributed by atoms with van der Waals surface area (Å²) in [6, 6.07) is 16.3. The number of carbonyl (C=O) groups is 1. The van der Waals surface area contributed by atoms with Crippen LogP contribution in [-0.2, 0) is 28.6 Å². The highest BCUT2D eigenvalue weighted by molar-refractivity contribution is 8.02. The monoisotopic (exact) mass is 622 g/mol. The van der Waals surface area contributed by atoms with Crippen LogP contribution in [0.4, 0.5) is 8.78 Å². The molecule has 222 valence electrons. The average Bonchev–Trinajstić information content (AvgIpc) is 3.54. The van der Waals surface area contributed by atoms with Gasteiger partial charge in [-0.15, -0.1) is 0 Å². The highest BCUT2D eigenvalue weighted by Gasteiger charge is 2.32. The van der Waals surface area contributed by atoms with E-state index in [0.717, 1.165) is 24.1 Å². The molecule has 12 heteroatoms. The Balaban J connectivity index is 1.52. The van der Waals surface area contributed by atoms with Gasteiger partial charge in [0.05, 0.1) is 23.4 Å². The van der Waals surface area contributed by atoms with Crippen LogP contribution >= 0.6 is 11.8 Å². The number of benzene rings is 3. The molecule has 4 aromatic rings. The third-order valence-electron chi connectivity index (χ3n) is 7.53. The number of nitrogens with zero attached hydrogens (tertiary/aromatic N) is 2. The first kappa shape index (κ1) is 29.1. The molecule has 8 nitrogen and oxygen atoms in total. The quantitative estimate of drug-likeness (QED) is 0.206. The van der Waals surface area contributed by atoms with Gasteiger partial charge in [-0.05, 0) is 78.8 Å². The van der Waals surface area contributed by atoms with Crippen molar-refractivity contribution >= 4 is 28.7 Å². The minimum Gasteiger partial charge on any atom is -0.497 e. The first-order valence-corrected chi connectivity index (χ1v) is 15.7. The normalized spacial score (nSPS) is 16.9. The Morgan fingerprint density at radius 2 is 1.95 bits per heavy atom. The van der Waals surface area contributed by atoms with Crippen molar-refractivity contribution in [3.63, 3.8) is 0 Å². The lowest BCUT2D eigenvalue weighted by molar-refractivity contribution is -0.133. The van der Waals surface area contributed by atoms with Gasteiger partial charge in [-0.1, -0.05) is 30.0 Å². The molecular weight excluding hydrogens is 594 g/mol. The number of halogens is 2. The van der Waals surface area contributed by atoms with Gasteiger partial charge in [0.2, 0.25) is 0 Å². The molecule has 2 unspecified atom stereocenters. The molecular formula is C31H28F2N4O4S2. The van der Waals surface area contributed by atoms with Crippen LogP contribution in [0.1, 0.15) is 35.2 Å². The summed E-state index contributed by atoms with van der Waals surface area (Å²) in [4.78, 5) is 11.6. The number of nitrogens with one attached hydrogen (secondary N) is 1. The molecule has 0 amide bonds. The van der Waals surface area contributed by atoms with Crippen LogP contribution in [0.15, 0.2) is 76.7 Å². The topological polar surface area (TPSA) is 119 Å². The maximum absolute atomic E-state index is 15.3. The summed E-state index contributed by atoms with van der Waals surface area (Å²) < 4.78 is 49.0. The van der Waals surface area contributed by atoms with E-state index in [2.05, 4.69) is 5.32 Å². The lowest BCUT2D eigenvalue weighted by Crippen LogP contribution is -2.24. The van der Waals surface area contributed by atoms with Gasteiger partial charge in [0.25, 0.3) is 0 Å². The van der Waals surface area contributed by atoms with Crippen molar-refractivity contribution in [1.29, 1.82) is 0 Å². The molecule has 1 aromatic heterocycles. The van der Waals surface area contributed by atoms with Crippen LogP contribution in [0.25, 0.3) is 22.4 Å². The molecule has 1 fully saturated rings. The molecule has 4 N–H and O–H groups in total. The number of nitrogens with two attached hydrogens (primary N) is 1. The van der Waals surface area contributed by atoms with E-state index in [1.807, 2.05) is 0 Å². The van der Waals surface area contributed by atoms with Crippen molar-refractivity contribution in [2.24, 2.45) is 11.1 Å². The van der Waals surface area contributed by atoms with Crippen LogP contribution in [0.2, 0.25) is 0 Å². The Morgan fingerprint density at radius 1 is 1.14 bits per heavy atom. The van der Waals surface area contributed by atoms with Gasteiger partial charge in [-0.2, -0.15) is 5.10 Å². The van der Waals surface area contributed by atoms with Crippen molar-refractivity contribution < 1.29 is 27.6 Å². The fraction of sp³-hybridized carbons (Fsp3) is 0.226. The van der Waals surface area contributed by atoms with E-state index in [0.29, 0.717) is 46.0 Å². The molecule has 3 aromatic carbocycles. The Hall–Kier alpha value is -4.00. The van der Waals surface area contributed by atoms with Gasteiger partial charge < -0.3 is 15.2 Å². The molecule has 6 rings (SSSR count). The first-order chi connectivity index (χ1) is 20.7. The van der Waals surface area contributed by atoms with Crippen molar-refractivity contribution in [3.8, 4) is 28.1 Å². The second-order valence-electron chi connectivity index (χ2n) is 10.5. The van der Waals surface area contributed by atoms with Gasteiger partial charge in [0.15, 0.2) is 5.50 Å². The number of thioether (sulfide) groups is 1. The third kappa shape index (κ3) is 6.08. The van der Waals surface area contributed by atoms with Crippen LogP contribution in [-0.4, -0.2) is 32.2 Å². The summed E-state index contributed by atoms with van der Waals surface area (Å²) in [5, 5.41) is 24.5. The maximum atomic E-state index is 15.3. The predicted octanol–water partition coefficient (Wildman–Crippen LogP) is 5.75. The van der Waals surface area contributed by atoms with Gasteiger partial charge in [0.1, 0.15) is 34.1 Å². The smallest absolute Gasteiger partial charge is 0.352 e. The molecule has 0 spiro atoms. The van der Waals surface area contributed by atoms with E-state index in [-0.39, 0.29) is 17.0 Å². The Morgan fingerprint density at radius 3 is 2.63 bits per heavy atom. The predicted molar refractivity (Wildman–Crippen MR) is 161 cm³/mol. The molecule has 1 aliphatic heterocycles. The fourth-order valence-electron chi connectivity index (χ4n) is 5.21. The lowest BCUT2D eigenvalue weighted by atomic mass is 9.94. The van der Waals surface area contributed by atoms with E-state index >= 15 is 4.39 Å². The number of carboxylic acid groups (broad SMARTS) is 1. The van der Waals surface area contributed by atoms with Crippen molar-refractivity contribution in [3.05, 3.63) is 100 Å². The van der Waals surface area contributed by atoms with Crippen LogP contribution in [0.5, 0.6) is 5.75 Å². The first-order valence-electron chi connectivity index (χ1n) is 13.6. The highest BCUT2D eigenvalue weighted by Crippen LogP contribution is 2.41. The summed E-state index contributed by atoms with van der Waals surface area (Å²) in [6.45, 7) is 0. The van der Waals surface area contributed by atoms with Crippen LogP contribution < -0.4 is 15.2 Å². The minimum absolute atomic E-state index is 0.0466. The highest BCUT2D eigenvalue weighted by atomic mass is 32.2. The van der Waals surface area contributed by atoms with Gasteiger partial charge in [0, 0.05) is 28.5 Å². The number of hydrogen-bond acceptors (Lipinski definition) is 6. The third-order valence-corrected chi connectivity index (χ3v) is 9.24. The summed E-state index contributed by atoms with van der Waals surface area (Å²) >= 11 is 1.27. The molecule has 0 bridgehead atoms. The largest absolute Gasteiger partial charge is 0.497 e. The number of carboxylic acids is 1. The molecule has 43 heavy (non-hydrogen) atoms. The Kier molecular flexibility index (Phi) is 8.08. The van der Waals surface area contributed by atoms with E-state index in [9.17, 15) is 18.5 Å². The Labute approximate surface area is 253 Å². The molecule has 0 radical (unpaired) electrons. The van der Waals surface area contributed by atoms with E-state index < -0.39 is 34.1 Å². The molecule has 2 atom stereocenters. The SMILES string of the molecule is COc1cccc(-c2cc(-c3c(Cc4ccc(S(N)=O)c(F)c4)c(CC4CC4)nn3C3NC(C(=O)O)=CS3)ccc2F)c1. The number of aromatic nitrogens is 2. The molecule has 1 saturated carbocycles. The number of hydrogen-bond donors (Lipinski definition) is 3. The van der Waals surface area contributed by atoms with E-state index in [1.54, 1.807) is 54.3 Å². The number of methoxy groups -OCH3 is 1. The van der Waals surface area contributed by atoms with Crippen molar-refractivity contribution in [2.75, 3.05) is 7.11 Å². The molecule has 0 saturated heterocycles. The van der Waals surface area contributed by atoms with E-state index in [1.165, 1.54) is 35.4 Å². The minimum atomic E-state index is -1.96. The van der Waals surface area contributed by atoms with Crippen LogP contribution in [0.3, 0.4) is 0 Å². The summed E-state index contributed by atoms with van der Waals surface area (Å²) in [5.41, 5.74) is 4.03. The average molecular weight is 623 g/mol. The van der Waals surface area contributed by atoms with E-state index in [4.69, 9.17) is 15.0 Å². The zero-order chi connectivity index (χ0) is 30.2. The van der Waals surface area contributed by atoms with Gasteiger partial charge in [-0.25, -0.2) is 27.6 Å². The summed E-state index contributed by atoms with van der Waals surface area (Å²) in [7, 11) is -0.419. The summed E-state index contributed by atoms with van der Waals surface area (Å²) in [5.74, 6) is -1.12. The molecule has 2 aliphatic rings. The Bertz CT molecular complexity index is 1790. The van der Waals surface area contributed by atoms with Gasteiger partial charge in [-0.3, -0.25) is 0 Å². The summed E-state index contributed by atoms with van der Waals surface area (Å²) in [6.07, 6.45) is 3.13. The maximum Gasteiger partial charge on any atom is 0.352 e. The number of aliphatic carboxylic acids is 1. The number of rotatable bonds is 10. The fourth-order valence-corrected chi connectivity index (χ4v) is 6.56.